The van der Waals surface area contributed by atoms with E-state index in [4.69, 9.17) is 0 Å². The average molecular weight is 359 g/mol. The summed E-state index contributed by atoms with van der Waals surface area (Å²) in [5.74, 6) is -1.47. The van der Waals surface area contributed by atoms with Crippen molar-refractivity contribution in [2.45, 2.75) is 63.8 Å². The number of hydrogen-bond donors (Lipinski definition) is 1. The fraction of sp³-hybridized carbons (Fsp3) is 0.765. The molecule has 8 nitrogen and oxygen atoms in total. The molecule has 0 fully saturated rings. The van der Waals surface area contributed by atoms with E-state index in [1.165, 1.54) is 21.3 Å². The van der Waals surface area contributed by atoms with Crippen molar-refractivity contribution in [2.24, 2.45) is 0 Å². The molecule has 0 saturated carbocycles. The van der Waals surface area contributed by atoms with Gasteiger partial charge in [-0.05, 0) is 25.7 Å². The first-order valence-electron chi connectivity index (χ1n) is 8.34. The van der Waals surface area contributed by atoms with Crippen molar-refractivity contribution in [3.63, 3.8) is 0 Å². The van der Waals surface area contributed by atoms with Crippen LogP contribution < -0.4 is 5.32 Å². The lowest BCUT2D eigenvalue weighted by Gasteiger charge is -2.34. The third kappa shape index (κ3) is 9.69. The molecule has 0 aliphatic carbocycles. The molecule has 8 heteroatoms. The quantitative estimate of drug-likeness (QED) is 0.415. The van der Waals surface area contributed by atoms with Crippen LogP contribution in [0, 0.1) is 0 Å². The number of carbonyl (C=O) groups is 4. The maximum atomic E-state index is 12.1. The number of hydrogen-bond acceptors (Lipinski definition) is 7. The van der Waals surface area contributed by atoms with Crippen molar-refractivity contribution in [1.29, 1.82) is 0 Å². The van der Waals surface area contributed by atoms with E-state index < -0.39 is 23.4 Å². The van der Waals surface area contributed by atoms with E-state index in [-0.39, 0.29) is 44.4 Å². The average Bonchev–Trinajstić information content (AvgIpc) is 2.61. The van der Waals surface area contributed by atoms with Crippen molar-refractivity contribution in [3.05, 3.63) is 0 Å². The van der Waals surface area contributed by atoms with Gasteiger partial charge in [0.1, 0.15) is 0 Å². The van der Waals surface area contributed by atoms with Crippen molar-refractivity contribution in [2.75, 3.05) is 21.3 Å². The summed E-state index contributed by atoms with van der Waals surface area (Å²) in [4.78, 5) is 46.8. The monoisotopic (exact) mass is 359 g/mol. The predicted molar refractivity (Wildman–Crippen MR) is 89.5 cm³/mol. The maximum Gasteiger partial charge on any atom is 0.305 e. The number of amides is 1. The Balaban J connectivity index is 5.31. The zero-order chi connectivity index (χ0) is 19.3. The molecule has 25 heavy (non-hydrogen) atoms. The zero-order valence-corrected chi connectivity index (χ0v) is 15.5. The van der Waals surface area contributed by atoms with Gasteiger partial charge in [-0.3, -0.25) is 19.2 Å². The fourth-order valence-electron chi connectivity index (χ4n) is 2.48. The Bertz CT molecular complexity index is 412. The van der Waals surface area contributed by atoms with Gasteiger partial charge in [0.05, 0.1) is 21.3 Å². The summed E-state index contributed by atoms with van der Waals surface area (Å²) in [6.07, 6.45) is 1.92. The Kier molecular flexibility index (Phi) is 11.2. The van der Waals surface area contributed by atoms with Gasteiger partial charge >= 0.3 is 17.9 Å². The molecule has 0 radical (unpaired) electrons. The summed E-state index contributed by atoms with van der Waals surface area (Å²) in [5.41, 5.74) is -0.886. The van der Waals surface area contributed by atoms with Crippen LogP contribution in [-0.4, -0.2) is 50.7 Å². The molecule has 0 aliphatic rings. The number of methoxy groups -OCH3 is 3. The minimum atomic E-state index is -0.886. The highest BCUT2D eigenvalue weighted by Crippen LogP contribution is 2.27. The summed E-state index contributed by atoms with van der Waals surface area (Å²) in [6, 6.07) is 0. The predicted octanol–water partition coefficient (Wildman–Crippen LogP) is 1.50. The fourth-order valence-corrected chi connectivity index (χ4v) is 2.48. The first-order chi connectivity index (χ1) is 11.8. The number of ether oxygens (including phenoxy) is 3. The third-order valence-electron chi connectivity index (χ3n) is 3.99. The van der Waals surface area contributed by atoms with Crippen LogP contribution in [0.15, 0.2) is 0 Å². The Hall–Kier alpha value is -2.12. The second kappa shape index (κ2) is 12.3. The maximum absolute atomic E-state index is 12.1. The van der Waals surface area contributed by atoms with E-state index in [0.29, 0.717) is 12.8 Å². The molecule has 0 spiro atoms. The molecular weight excluding hydrogens is 330 g/mol. The molecule has 0 saturated heterocycles. The van der Waals surface area contributed by atoms with Crippen molar-refractivity contribution in [1.82, 2.24) is 5.32 Å². The Morgan fingerprint density at radius 2 is 1.08 bits per heavy atom. The molecule has 0 aromatic heterocycles. The van der Waals surface area contributed by atoms with Crippen molar-refractivity contribution >= 4 is 23.8 Å². The number of esters is 3. The first-order valence-corrected chi connectivity index (χ1v) is 8.34. The van der Waals surface area contributed by atoms with Crippen molar-refractivity contribution in [3.8, 4) is 0 Å². The second-order valence-electron chi connectivity index (χ2n) is 5.81. The molecule has 144 valence electrons. The van der Waals surface area contributed by atoms with Gasteiger partial charge in [0.2, 0.25) is 5.91 Å². The van der Waals surface area contributed by atoms with Gasteiger partial charge in [-0.25, -0.2) is 0 Å². The van der Waals surface area contributed by atoms with E-state index in [1.54, 1.807) is 0 Å². The van der Waals surface area contributed by atoms with Gasteiger partial charge in [-0.2, -0.15) is 0 Å². The van der Waals surface area contributed by atoms with Crippen LogP contribution in [-0.2, 0) is 33.4 Å². The minimum absolute atomic E-state index is 0.0608. The molecular formula is C17H29NO7. The molecule has 0 aliphatic heterocycles. The van der Waals surface area contributed by atoms with Crippen LogP contribution >= 0.6 is 0 Å². The molecule has 0 aromatic carbocycles. The summed E-state index contributed by atoms with van der Waals surface area (Å²) in [6.45, 7) is 1.87. The standard InChI is InChI=1S/C17H29NO7/c1-5-6-13(19)18-17(10-7-14(20)23-2,11-8-15(21)24-3)12-9-16(22)25-4/h5-12H2,1-4H3,(H,18,19). The van der Waals surface area contributed by atoms with Gasteiger partial charge in [-0.1, -0.05) is 6.92 Å². The highest BCUT2D eigenvalue weighted by molar-refractivity contribution is 5.77. The lowest BCUT2D eigenvalue weighted by Crippen LogP contribution is -2.49. The highest BCUT2D eigenvalue weighted by atomic mass is 16.5. The lowest BCUT2D eigenvalue weighted by molar-refractivity contribution is -0.142. The van der Waals surface area contributed by atoms with Crippen molar-refractivity contribution < 1.29 is 33.4 Å². The van der Waals surface area contributed by atoms with Crippen LogP contribution in [0.5, 0.6) is 0 Å². The molecule has 0 unspecified atom stereocenters. The molecule has 0 atom stereocenters. The minimum Gasteiger partial charge on any atom is -0.469 e. The Labute approximate surface area is 148 Å². The Morgan fingerprint density at radius 3 is 1.36 bits per heavy atom. The largest absolute Gasteiger partial charge is 0.469 e. The molecule has 0 aromatic rings. The van der Waals surface area contributed by atoms with E-state index in [2.05, 4.69) is 19.5 Å². The van der Waals surface area contributed by atoms with Crippen LogP contribution in [0.3, 0.4) is 0 Å². The number of nitrogens with one attached hydrogen (secondary N) is 1. The smallest absolute Gasteiger partial charge is 0.305 e. The highest BCUT2D eigenvalue weighted by Gasteiger charge is 2.33. The molecule has 0 rings (SSSR count). The number of carbonyl (C=O) groups excluding carboxylic acids is 4. The summed E-state index contributed by atoms with van der Waals surface area (Å²) in [5, 5.41) is 2.91. The summed E-state index contributed by atoms with van der Waals surface area (Å²) in [7, 11) is 3.84. The molecule has 0 bridgehead atoms. The van der Waals surface area contributed by atoms with Crippen LogP contribution in [0.4, 0.5) is 0 Å². The van der Waals surface area contributed by atoms with Crippen LogP contribution in [0.2, 0.25) is 0 Å². The summed E-state index contributed by atoms with van der Waals surface area (Å²) >= 11 is 0. The topological polar surface area (TPSA) is 108 Å². The van der Waals surface area contributed by atoms with E-state index in [1.807, 2.05) is 6.92 Å². The molecule has 1 amide bonds. The SMILES string of the molecule is CCCC(=O)NC(CCC(=O)OC)(CCC(=O)OC)CCC(=O)OC. The molecule has 1 N–H and O–H groups in total. The Morgan fingerprint density at radius 1 is 0.720 bits per heavy atom. The van der Waals surface area contributed by atoms with Crippen LogP contribution in [0.1, 0.15) is 58.3 Å². The lowest BCUT2D eigenvalue weighted by atomic mass is 9.83. The van der Waals surface area contributed by atoms with Gasteiger partial charge in [0.15, 0.2) is 0 Å². The zero-order valence-electron chi connectivity index (χ0n) is 15.5. The van der Waals surface area contributed by atoms with Gasteiger partial charge in [0, 0.05) is 31.2 Å². The van der Waals surface area contributed by atoms with Gasteiger partial charge < -0.3 is 19.5 Å². The van der Waals surface area contributed by atoms with E-state index in [0.717, 1.165) is 0 Å². The molecule has 0 heterocycles. The normalized spacial score (nSPS) is 10.7. The van der Waals surface area contributed by atoms with E-state index >= 15 is 0 Å². The first kappa shape index (κ1) is 22.9. The summed E-state index contributed by atoms with van der Waals surface area (Å²) < 4.78 is 14.0. The third-order valence-corrected chi connectivity index (χ3v) is 3.99. The van der Waals surface area contributed by atoms with Gasteiger partial charge in [-0.15, -0.1) is 0 Å². The number of rotatable bonds is 12. The van der Waals surface area contributed by atoms with Crippen LogP contribution in [0.25, 0.3) is 0 Å². The van der Waals surface area contributed by atoms with E-state index in [9.17, 15) is 19.2 Å². The second-order valence-corrected chi connectivity index (χ2v) is 5.81. The van der Waals surface area contributed by atoms with Gasteiger partial charge in [0.25, 0.3) is 0 Å².